The van der Waals surface area contributed by atoms with Crippen molar-refractivity contribution in [1.29, 1.82) is 0 Å². The van der Waals surface area contributed by atoms with Gasteiger partial charge in [-0.3, -0.25) is 4.79 Å². The smallest absolute Gasteiger partial charge is 0.311 e. The molecule has 0 radical (unpaired) electrons. The summed E-state index contributed by atoms with van der Waals surface area (Å²) in [5, 5.41) is 26.6. The van der Waals surface area contributed by atoms with E-state index in [0.29, 0.717) is 0 Å². The van der Waals surface area contributed by atoms with E-state index in [1.54, 1.807) is 0 Å². The van der Waals surface area contributed by atoms with Crippen LogP contribution in [0, 0.1) is 15.5 Å². The van der Waals surface area contributed by atoms with Gasteiger partial charge < -0.3 is 19.8 Å². The van der Waals surface area contributed by atoms with Crippen molar-refractivity contribution in [2.75, 3.05) is 19.8 Å². The summed E-state index contributed by atoms with van der Waals surface area (Å²) in [6.07, 6.45) is -1.16. The van der Waals surface area contributed by atoms with Gasteiger partial charge >= 0.3 is 5.97 Å². The Hall–Kier alpha value is -1.41. The number of hydrogen-bond donors (Lipinski definition) is 2. The van der Waals surface area contributed by atoms with Crippen LogP contribution in [0.1, 0.15) is 13.8 Å². The molecule has 1 atom stereocenters. The summed E-state index contributed by atoms with van der Waals surface area (Å²) < 4.78 is 4.92. The molecule has 0 spiro atoms. The summed E-state index contributed by atoms with van der Waals surface area (Å²) in [6, 6.07) is 0. The molecule has 0 aliphatic heterocycles. The van der Waals surface area contributed by atoms with Crippen molar-refractivity contribution in [1.82, 2.24) is 0 Å². The van der Waals surface area contributed by atoms with Gasteiger partial charge in [-0.2, -0.15) is 0 Å². The summed E-state index contributed by atoms with van der Waals surface area (Å²) >= 11 is 0. The first kappa shape index (κ1) is 14.6. The van der Waals surface area contributed by atoms with E-state index in [0.717, 1.165) is 0 Å². The Kier molecular flexibility index (Phi) is 5.68. The van der Waals surface area contributed by atoms with Crippen LogP contribution in [-0.4, -0.2) is 47.2 Å². The van der Waals surface area contributed by atoms with Crippen LogP contribution in [0.15, 0.2) is 0 Å². The first-order valence-electron chi connectivity index (χ1n) is 4.52. The van der Waals surface area contributed by atoms with E-state index in [-0.39, 0.29) is 13.2 Å². The maximum absolute atomic E-state index is 10.7. The number of rotatable bonds is 8. The van der Waals surface area contributed by atoms with Crippen molar-refractivity contribution < 1.29 is 29.7 Å². The van der Waals surface area contributed by atoms with Gasteiger partial charge in [-0.05, 0) is 13.8 Å². The average molecular weight is 237 g/mol. The van der Waals surface area contributed by atoms with E-state index in [9.17, 15) is 14.9 Å². The Labute approximate surface area is 91.9 Å². The largest absolute Gasteiger partial charge is 0.481 e. The van der Waals surface area contributed by atoms with Crippen molar-refractivity contribution in [2.45, 2.75) is 20.0 Å². The maximum atomic E-state index is 10.7. The van der Waals surface area contributed by atoms with Crippen molar-refractivity contribution >= 4 is 5.97 Å². The third-order valence-electron chi connectivity index (χ3n) is 1.72. The quantitative estimate of drug-likeness (QED) is 0.438. The Morgan fingerprint density at radius 1 is 1.50 bits per heavy atom. The van der Waals surface area contributed by atoms with Crippen LogP contribution in [0.5, 0.6) is 0 Å². The second-order valence-electron chi connectivity index (χ2n) is 3.88. The summed E-state index contributed by atoms with van der Waals surface area (Å²) in [7, 11) is 0. The zero-order valence-corrected chi connectivity index (χ0v) is 9.08. The third kappa shape index (κ3) is 6.14. The second-order valence-corrected chi connectivity index (χ2v) is 3.88. The lowest BCUT2D eigenvalue weighted by molar-refractivity contribution is -0.759. The molecule has 0 aliphatic rings. The van der Waals surface area contributed by atoms with Gasteiger partial charge in [0.2, 0.25) is 0 Å². The molecule has 2 N–H and O–H groups in total. The molecule has 0 amide bonds. The first-order valence-corrected chi connectivity index (χ1v) is 4.52. The molecule has 0 fully saturated rings. The number of carbonyl (C=O) groups is 1. The highest BCUT2D eigenvalue weighted by Crippen LogP contribution is 2.15. The van der Waals surface area contributed by atoms with Gasteiger partial charge in [0.05, 0.1) is 18.6 Å². The monoisotopic (exact) mass is 237 g/mol. The van der Waals surface area contributed by atoms with Crippen LogP contribution < -0.4 is 0 Å². The van der Waals surface area contributed by atoms with E-state index < -0.39 is 29.2 Å². The molecular formula is C8H15NO7. The fourth-order valence-corrected chi connectivity index (χ4v) is 0.707. The Balaban J connectivity index is 3.73. The lowest BCUT2D eigenvalue weighted by atomic mass is 9.95. The SMILES string of the molecule is CC(C)(COCC(O)CO[N+](=O)[O-])C(=O)O. The van der Waals surface area contributed by atoms with Crippen LogP contribution in [0.4, 0.5) is 0 Å². The fraction of sp³-hybridized carbons (Fsp3) is 0.875. The summed E-state index contributed by atoms with van der Waals surface area (Å²) in [4.78, 5) is 24.3. The number of nitrogens with zero attached hydrogens (tertiary/aromatic N) is 1. The second kappa shape index (κ2) is 6.23. The normalized spacial score (nSPS) is 13.2. The maximum Gasteiger partial charge on any atom is 0.311 e. The molecule has 0 heterocycles. The minimum atomic E-state index is -1.16. The molecule has 8 nitrogen and oxygen atoms in total. The van der Waals surface area contributed by atoms with Gasteiger partial charge in [-0.1, -0.05) is 0 Å². The molecule has 0 bridgehead atoms. The molecule has 0 rings (SSSR count). The van der Waals surface area contributed by atoms with Gasteiger partial charge in [0.25, 0.3) is 5.09 Å². The van der Waals surface area contributed by atoms with E-state index in [4.69, 9.17) is 14.9 Å². The summed E-state index contributed by atoms with van der Waals surface area (Å²) in [5.74, 6) is -1.02. The highest BCUT2D eigenvalue weighted by atomic mass is 17.0. The molecule has 0 saturated heterocycles. The lowest BCUT2D eigenvalue weighted by Crippen LogP contribution is -2.32. The molecular weight excluding hydrogens is 222 g/mol. The van der Waals surface area contributed by atoms with Crippen LogP contribution in [0.25, 0.3) is 0 Å². The molecule has 1 unspecified atom stereocenters. The standard InChI is InChI=1S/C8H15NO7/c1-8(2,7(11)12)5-15-3-6(10)4-16-9(13)14/h6,10H,3-5H2,1-2H3,(H,11,12). The van der Waals surface area contributed by atoms with Crippen molar-refractivity contribution in [2.24, 2.45) is 5.41 Å². The molecule has 0 aromatic carbocycles. The number of hydrogen-bond acceptors (Lipinski definition) is 6. The molecule has 0 saturated carbocycles. The topological polar surface area (TPSA) is 119 Å². The number of aliphatic carboxylic acids is 1. The Bertz CT molecular complexity index is 253. The Morgan fingerprint density at radius 2 is 2.06 bits per heavy atom. The van der Waals surface area contributed by atoms with E-state index in [1.807, 2.05) is 0 Å². The zero-order valence-electron chi connectivity index (χ0n) is 9.08. The summed E-state index contributed by atoms with van der Waals surface area (Å²) in [6.45, 7) is 2.12. The van der Waals surface area contributed by atoms with Crippen molar-refractivity contribution in [3.63, 3.8) is 0 Å². The number of carboxylic acid groups (broad SMARTS) is 1. The molecule has 0 aliphatic carbocycles. The molecule has 16 heavy (non-hydrogen) atoms. The predicted molar refractivity (Wildman–Crippen MR) is 51.2 cm³/mol. The van der Waals surface area contributed by atoms with Gasteiger partial charge in [-0.25, -0.2) is 0 Å². The molecule has 0 aromatic heterocycles. The fourth-order valence-electron chi connectivity index (χ4n) is 0.707. The van der Waals surface area contributed by atoms with Crippen molar-refractivity contribution in [3.8, 4) is 0 Å². The van der Waals surface area contributed by atoms with Crippen molar-refractivity contribution in [3.05, 3.63) is 10.1 Å². The van der Waals surface area contributed by atoms with E-state index >= 15 is 0 Å². The zero-order chi connectivity index (χ0) is 12.8. The molecule has 94 valence electrons. The highest BCUT2D eigenvalue weighted by Gasteiger charge is 2.27. The van der Waals surface area contributed by atoms with E-state index in [1.165, 1.54) is 13.8 Å². The molecule has 0 aromatic rings. The van der Waals surface area contributed by atoms with Crippen LogP contribution in [0.3, 0.4) is 0 Å². The van der Waals surface area contributed by atoms with Gasteiger partial charge in [0, 0.05) is 0 Å². The van der Waals surface area contributed by atoms with E-state index in [2.05, 4.69) is 4.84 Å². The number of aliphatic hydroxyl groups is 1. The predicted octanol–water partition coefficient (Wildman–Crippen LogP) is -0.317. The number of aliphatic hydroxyl groups excluding tert-OH is 1. The lowest BCUT2D eigenvalue weighted by Gasteiger charge is -2.19. The van der Waals surface area contributed by atoms with Gasteiger partial charge in [0.15, 0.2) is 0 Å². The van der Waals surface area contributed by atoms with Crippen LogP contribution in [0.2, 0.25) is 0 Å². The van der Waals surface area contributed by atoms with Gasteiger partial charge in [-0.15, -0.1) is 10.1 Å². The number of carboxylic acids is 1. The highest BCUT2D eigenvalue weighted by molar-refractivity contribution is 5.73. The summed E-state index contributed by atoms with van der Waals surface area (Å²) in [5.41, 5.74) is -1.07. The number of ether oxygens (including phenoxy) is 1. The Morgan fingerprint density at radius 3 is 2.50 bits per heavy atom. The third-order valence-corrected chi connectivity index (χ3v) is 1.72. The first-order chi connectivity index (χ1) is 7.25. The minimum absolute atomic E-state index is 0.0993. The molecule has 8 heteroatoms. The van der Waals surface area contributed by atoms with Gasteiger partial charge in [0.1, 0.15) is 12.7 Å². The van der Waals surface area contributed by atoms with Crippen LogP contribution in [-0.2, 0) is 14.4 Å². The minimum Gasteiger partial charge on any atom is -0.481 e. The average Bonchev–Trinajstić information content (AvgIpc) is 2.14. The van der Waals surface area contributed by atoms with Crippen LogP contribution >= 0.6 is 0 Å².